The molecule has 0 bridgehead atoms. The van der Waals surface area contributed by atoms with Crippen molar-refractivity contribution < 1.29 is 55.7 Å². The van der Waals surface area contributed by atoms with E-state index in [1.165, 1.54) is 40.3 Å². The van der Waals surface area contributed by atoms with E-state index in [-0.39, 0.29) is 101 Å². The zero-order chi connectivity index (χ0) is 94.6. The van der Waals surface area contributed by atoms with Crippen molar-refractivity contribution in [3.8, 4) is 18.0 Å². The van der Waals surface area contributed by atoms with E-state index in [0.717, 1.165) is 108 Å². The number of piperazine rings is 3. The predicted molar refractivity (Wildman–Crippen MR) is 521 cm³/mol. The number of nitrogens with one attached hydrogen (secondary N) is 1. The van der Waals surface area contributed by atoms with E-state index in [2.05, 4.69) is 95.1 Å². The molecule has 6 fully saturated rings. The quantitative estimate of drug-likeness (QED) is 0.0363. The van der Waals surface area contributed by atoms with Crippen LogP contribution in [0.5, 0.6) is 18.0 Å². The first-order chi connectivity index (χ1) is 64.3. The number of carbonyl (C=O) groups is 3. The first-order valence-electron chi connectivity index (χ1n) is 45.8. The van der Waals surface area contributed by atoms with E-state index in [1.54, 1.807) is 30.6 Å². The molecule has 4 aromatic heterocycles. The van der Waals surface area contributed by atoms with Crippen LogP contribution in [0.3, 0.4) is 0 Å². The SMILES string of the molecule is Cc1cc2[nH]ncc2c(N2CCc3c(nc(OC[C@@H]4CC(C)(F)CN4C)nc3N3CCN(C(=O)/C=C/CO)CC3)C2)c1C.S.[C-]#[N+]C[C@H]1CN(c2nc(OC[C@@H]3CC(C)(F)CN3C)nc3c2CCN(c2cccc4cccc(Cl)c24)C3)CCN1C(=O)/C=C/CF.[C-]#[N+]C[C@H]1CN(c2nc(OC[C@@H]3CC(C)(F)CN3C)nc3c2CCN(c2cccc4cccc(Cl)c24)C3)CCN1C(=O)C(=C)F. The third kappa shape index (κ3) is 22.0. The number of fused-ring (bicyclic) bond motifs is 6. The molecule has 0 aliphatic carbocycles. The number of aromatic amines is 1. The number of amides is 3. The normalized spacial score (nSPS) is 23.2. The van der Waals surface area contributed by atoms with Gasteiger partial charge in [-0.05, 0) is 133 Å². The summed E-state index contributed by atoms with van der Waals surface area (Å²) in [5, 5.41) is 23.0. The third-order valence-electron chi connectivity index (χ3n) is 27.3. The van der Waals surface area contributed by atoms with Gasteiger partial charge in [-0.25, -0.2) is 35.1 Å². The Morgan fingerprint density at radius 3 is 1.40 bits per heavy atom. The summed E-state index contributed by atoms with van der Waals surface area (Å²) in [7, 11) is 5.70. The second kappa shape index (κ2) is 42.0. The summed E-state index contributed by atoms with van der Waals surface area (Å²) in [6.07, 6.45) is 10.4. The number of hydrogen-bond acceptors (Lipinski definition) is 23. The number of H-pyrrole nitrogens is 1. The highest BCUT2D eigenvalue weighted by atomic mass is 35.5. The van der Waals surface area contributed by atoms with Gasteiger partial charge in [-0.1, -0.05) is 84.4 Å². The van der Waals surface area contributed by atoms with Crippen molar-refractivity contribution in [1.29, 1.82) is 0 Å². The number of alkyl halides is 4. The van der Waals surface area contributed by atoms with E-state index in [1.807, 2.05) is 95.5 Å². The first kappa shape index (κ1) is 98.1. The Morgan fingerprint density at radius 2 is 0.970 bits per heavy atom. The Labute approximate surface area is 800 Å². The molecule has 3 unspecified atom stereocenters. The number of aryl methyl sites for hydroxylation is 1. The zero-order valence-electron chi connectivity index (χ0n) is 77.5. The van der Waals surface area contributed by atoms with Gasteiger partial charge in [0.1, 0.15) is 73.0 Å². The van der Waals surface area contributed by atoms with Crippen LogP contribution < -0.4 is 43.6 Å². The number of aliphatic hydroxyl groups is 1. The van der Waals surface area contributed by atoms with Crippen molar-refractivity contribution in [3.63, 3.8) is 0 Å². The Kier molecular flexibility index (Phi) is 30.5. The van der Waals surface area contributed by atoms with Crippen molar-refractivity contribution in [2.75, 3.05) is 201 Å². The molecule has 0 saturated carbocycles. The minimum Gasteiger partial charge on any atom is -0.462 e. The van der Waals surface area contributed by atoms with Crippen molar-refractivity contribution in [2.24, 2.45) is 0 Å². The van der Waals surface area contributed by atoms with E-state index in [9.17, 15) is 36.3 Å². The summed E-state index contributed by atoms with van der Waals surface area (Å²) in [5.41, 5.74) is 8.46. The third-order valence-corrected chi connectivity index (χ3v) is 27.9. The fraction of sp³-hybridized carbons (Fsp3) is 0.490. The first-order valence-corrected chi connectivity index (χ1v) is 46.5. The van der Waals surface area contributed by atoms with Crippen LogP contribution >= 0.6 is 36.7 Å². The van der Waals surface area contributed by atoms with Crippen LogP contribution in [0.25, 0.3) is 42.1 Å². The molecule has 18 rings (SSSR count). The number of anilines is 6. The van der Waals surface area contributed by atoms with Crippen molar-refractivity contribution >= 4 is 121 Å². The summed E-state index contributed by atoms with van der Waals surface area (Å²) in [6.45, 7) is 36.7. The number of aromatic nitrogens is 8. The van der Waals surface area contributed by atoms with Crippen LogP contribution in [-0.4, -0.2) is 312 Å². The highest BCUT2D eigenvalue weighted by molar-refractivity contribution is 7.59. The number of likely N-dealkylation sites (tertiary alicyclic amines) is 3. The molecular formula is C98H117Cl2F5N22O7S. The zero-order valence-corrected chi connectivity index (χ0v) is 80.1. The molecule has 3 amide bonds. The molecule has 29 nitrogen and oxygen atoms in total. The van der Waals surface area contributed by atoms with Gasteiger partial charge in [-0.3, -0.25) is 34.2 Å². The van der Waals surface area contributed by atoms with Crippen LogP contribution in [0.15, 0.2) is 122 Å². The van der Waals surface area contributed by atoms with Crippen molar-refractivity contribution in [1.82, 2.24) is 69.5 Å². The number of rotatable bonds is 22. The van der Waals surface area contributed by atoms with Gasteiger partial charge in [-0.2, -0.15) is 48.5 Å². The molecule has 6 saturated heterocycles. The molecule has 135 heavy (non-hydrogen) atoms. The summed E-state index contributed by atoms with van der Waals surface area (Å²) >= 11 is 13.4. The summed E-state index contributed by atoms with van der Waals surface area (Å²) in [5.74, 6) is 0.0314. The maximum atomic E-state index is 14.7. The second-order valence-electron chi connectivity index (χ2n) is 37.3. The van der Waals surface area contributed by atoms with Gasteiger partial charge < -0.3 is 73.1 Å². The Morgan fingerprint density at radius 1 is 0.556 bits per heavy atom. The minimum atomic E-state index is -1.29. The lowest BCUT2D eigenvalue weighted by molar-refractivity contribution is -0.131. The van der Waals surface area contributed by atoms with Crippen molar-refractivity contribution in [2.45, 2.75) is 140 Å². The number of likely N-dealkylation sites (N-methyl/N-ethyl adjacent to an activating group) is 3. The van der Waals surface area contributed by atoms with Gasteiger partial charge in [-0.15, -0.1) is 0 Å². The van der Waals surface area contributed by atoms with Crippen LogP contribution in [-0.2, 0) is 53.3 Å². The fourth-order valence-electron chi connectivity index (χ4n) is 20.7. The minimum absolute atomic E-state index is 0. The number of aliphatic hydroxyl groups excluding tert-OH is 1. The number of nitrogens with zero attached hydrogens (tertiary/aromatic N) is 21. The van der Waals surface area contributed by atoms with Crippen molar-refractivity contribution in [3.05, 3.63) is 200 Å². The highest BCUT2D eigenvalue weighted by Gasteiger charge is 2.45. The maximum Gasteiger partial charge on any atom is 0.318 e. The van der Waals surface area contributed by atoms with Crippen LogP contribution in [0, 0.1) is 27.0 Å². The number of ether oxygens (including phenoxy) is 3. The molecule has 9 aliphatic heterocycles. The molecule has 37 heteroatoms. The molecule has 5 aromatic carbocycles. The van der Waals surface area contributed by atoms with Gasteiger partial charge in [0, 0.05) is 198 Å². The van der Waals surface area contributed by atoms with Crippen LogP contribution in [0.2, 0.25) is 10.0 Å². The van der Waals surface area contributed by atoms with Gasteiger partial charge >= 0.3 is 18.0 Å². The predicted octanol–water partition coefficient (Wildman–Crippen LogP) is 12.8. The fourth-order valence-corrected chi connectivity index (χ4v) is 21.2. The lowest BCUT2D eigenvalue weighted by atomic mass is 9.99. The summed E-state index contributed by atoms with van der Waals surface area (Å²) in [4.78, 5) is 98.3. The molecule has 9 aliphatic rings. The molecule has 716 valence electrons. The molecule has 0 spiro atoms. The number of halogens is 7. The molecule has 13 heterocycles. The number of benzene rings is 5. The molecule has 8 atom stereocenters. The highest BCUT2D eigenvalue weighted by Crippen LogP contribution is 2.44. The standard InChI is InChI=1S/C34H38ClF2N7O2.C33H36ClF2N7O2.C31H41FN8O3.H2S/c1-34(37)17-24(41(3)22-34)21-46-33-39-28-20-42(29-10-5-8-23-7-4-9-27(35)31(23)29)14-12-26(28)32(40-33)43-15-16-44(25(19-43)18-38-2)30(45)11-6-13-36;1-21(35)31(44)43-14-13-42(17-24(43)16-37-3)30-25-11-12-41(28-10-6-8-22-7-5-9-26(34)29(22)28)18-27(25)38-32(39-30)45-19-23-15-33(2,36)20-40(23)4;1-20-14-25-24(16-33-36-25)28(21(20)2)40-8-7-23-26(17-40)34-30(43-18-22-15-31(3,32)19-37(22)4)35-29(23)39-11-9-38(10-12-39)27(42)6-5-13-41;/h4-11,24-25H,12-22H2,1,3H3;5-10,23-24H,1,11-20H2,2,4H3;5-6,14,16,22,41H,7-13,15,17-19H2,1-4H3,(H,33,36);1H2/b11-6+;;6-5+;/t24-,25-,34?;23-,24-,33?;22-,31?;/m000./s1. The van der Waals surface area contributed by atoms with E-state index >= 15 is 0 Å². The van der Waals surface area contributed by atoms with Gasteiger partial charge in [0.15, 0.2) is 5.83 Å². The van der Waals surface area contributed by atoms with E-state index in [4.69, 9.17) is 85.6 Å². The van der Waals surface area contributed by atoms with Gasteiger partial charge in [0.05, 0.1) is 70.8 Å². The molecule has 0 radical (unpaired) electrons. The smallest absolute Gasteiger partial charge is 0.318 e. The lowest BCUT2D eigenvalue weighted by Crippen LogP contribution is -2.57. The molecule has 9 aromatic rings. The number of carbonyl (C=O) groups excluding carboxylic acids is 3. The molecular weight excluding hydrogens is 1800 g/mol. The Balaban J connectivity index is 0.000000154. The number of hydrogen-bond donors (Lipinski definition) is 2. The Hall–Kier alpha value is -11.4. The van der Waals surface area contributed by atoms with E-state index in [0.29, 0.717) is 172 Å². The molecule has 2 N–H and O–H groups in total. The maximum absolute atomic E-state index is 14.7. The monoisotopic (exact) mass is 1910 g/mol. The van der Waals surface area contributed by atoms with Crippen LogP contribution in [0.1, 0.15) is 84.9 Å². The average molecular weight is 1910 g/mol. The topological polar surface area (TPSA) is 253 Å². The summed E-state index contributed by atoms with van der Waals surface area (Å²) in [6, 6.07) is 25.7. The largest absolute Gasteiger partial charge is 0.462 e. The second-order valence-corrected chi connectivity index (χ2v) is 38.1. The van der Waals surface area contributed by atoms with Gasteiger partial charge in [0.2, 0.25) is 24.9 Å². The Bertz CT molecular complexity index is 6020. The van der Waals surface area contributed by atoms with Crippen LogP contribution in [0.4, 0.5) is 56.5 Å². The van der Waals surface area contributed by atoms with E-state index < -0.39 is 41.5 Å². The number of allylic oxidation sites excluding steroid dienone is 1. The summed E-state index contributed by atoms with van der Waals surface area (Å²) < 4.78 is 89.3. The van der Waals surface area contributed by atoms with Gasteiger partial charge in [0.25, 0.3) is 5.91 Å². The average Bonchev–Trinajstić information content (AvgIpc) is 1.71. The lowest BCUT2D eigenvalue weighted by Gasteiger charge is -2.41.